The van der Waals surface area contributed by atoms with Crippen molar-refractivity contribution in [2.24, 2.45) is 0 Å². The fourth-order valence-electron chi connectivity index (χ4n) is 2.14. The summed E-state index contributed by atoms with van der Waals surface area (Å²) in [4.78, 5) is 3.04. The molecule has 110 valence electrons. The summed E-state index contributed by atoms with van der Waals surface area (Å²) in [6.07, 6.45) is -4.51. The highest BCUT2D eigenvalue weighted by Gasteiger charge is 2.30. The van der Waals surface area contributed by atoms with E-state index in [1.165, 1.54) is 5.48 Å². The zero-order chi connectivity index (χ0) is 14.7. The summed E-state index contributed by atoms with van der Waals surface area (Å²) >= 11 is 0. The average Bonchev–Trinajstić information content (AvgIpc) is 2.88. The van der Waals surface area contributed by atoms with Crippen LogP contribution in [0, 0.1) is 0 Å². The zero-order valence-corrected chi connectivity index (χ0v) is 10.6. The first kappa shape index (κ1) is 14.9. The van der Waals surface area contributed by atoms with Crippen LogP contribution in [0.4, 0.5) is 0 Å². The van der Waals surface area contributed by atoms with Gasteiger partial charge in [-0.1, -0.05) is 18.2 Å². The molecule has 0 aliphatic heterocycles. The third kappa shape index (κ3) is 2.98. The minimum Gasteiger partial charge on any atom is -0.390 e. The van der Waals surface area contributed by atoms with Crippen LogP contribution in [0.1, 0.15) is 5.56 Å². The molecule has 0 amide bonds. The average molecular weight is 282 g/mol. The lowest BCUT2D eigenvalue weighted by Gasteiger charge is -2.25. The van der Waals surface area contributed by atoms with E-state index < -0.39 is 24.5 Å². The summed E-state index contributed by atoms with van der Waals surface area (Å²) in [6, 6.07) is 7.49. The standard InChI is InChI=1S/C13H18N2O5/c16-10(11(17)12(18)13(19)15-20)5-7-6-14-9-4-2-1-3-8(7)9/h1-4,6,10-20H,5H2/t10-,11-,12+,13+/m1/s1. The molecule has 1 heterocycles. The third-order valence-corrected chi connectivity index (χ3v) is 3.30. The summed E-state index contributed by atoms with van der Waals surface area (Å²) in [6.45, 7) is 0. The molecule has 7 nitrogen and oxygen atoms in total. The molecule has 1 aromatic carbocycles. The number of rotatable bonds is 6. The predicted octanol–water partition coefficient (Wildman–Crippen LogP) is -0.910. The number of fused-ring (bicyclic) bond motifs is 1. The Morgan fingerprint density at radius 2 is 1.75 bits per heavy atom. The van der Waals surface area contributed by atoms with Crippen LogP contribution < -0.4 is 5.48 Å². The minimum atomic E-state index is -1.73. The number of H-pyrrole nitrogens is 1. The van der Waals surface area contributed by atoms with Crippen molar-refractivity contribution in [1.29, 1.82) is 0 Å². The van der Waals surface area contributed by atoms with Crippen LogP contribution in [-0.2, 0) is 6.42 Å². The van der Waals surface area contributed by atoms with Crippen molar-refractivity contribution in [2.45, 2.75) is 31.0 Å². The number of benzene rings is 1. The van der Waals surface area contributed by atoms with Crippen LogP contribution in [0.15, 0.2) is 30.5 Å². The van der Waals surface area contributed by atoms with Crippen molar-refractivity contribution in [1.82, 2.24) is 10.5 Å². The summed E-state index contributed by atoms with van der Waals surface area (Å²) in [7, 11) is 0. The molecule has 0 saturated heterocycles. The van der Waals surface area contributed by atoms with Crippen LogP contribution in [-0.4, -0.2) is 55.2 Å². The Labute approximate surface area is 115 Å². The van der Waals surface area contributed by atoms with Gasteiger partial charge in [0.1, 0.15) is 12.2 Å². The van der Waals surface area contributed by atoms with Crippen molar-refractivity contribution in [2.75, 3.05) is 0 Å². The summed E-state index contributed by atoms with van der Waals surface area (Å²) < 4.78 is 0. The molecule has 0 bridgehead atoms. The summed E-state index contributed by atoms with van der Waals surface area (Å²) in [5.41, 5.74) is 3.10. The van der Waals surface area contributed by atoms with Gasteiger partial charge in [-0.25, -0.2) is 0 Å². The van der Waals surface area contributed by atoms with Gasteiger partial charge in [-0.15, -0.1) is 0 Å². The van der Waals surface area contributed by atoms with Gasteiger partial charge < -0.3 is 30.6 Å². The Kier molecular flexibility index (Phi) is 4.71. The van der Waals surface area contributed by atoms with E-state index in [-0.39, 0.29) is 6.42 Å². The number of hydrogen-bond donors (Lipinski definition) is 7. The number of aliphatic hydroxyl groups is 4. The quantitative estimate of drug-likeness (QED) is 0.271. The van der Waals surface area contributed by atoms with Crippen LogP contribution in [0.2, 0.25) is 0 Å². The maximum atomic E-state index is 9.92. The Balaban J connectivity index is 2.09. The Bertz CT molecular complexity index is 558. The molecule has 0 fully saturated rings. The summed E-state index contributed by atoms with van der Waals surface area (Å²) in [5, 5.41) is 47.7. The maximum absolute atomic E-state index is 9.92. The van der Waals surface area contributed by atoms with E-state index >= 15 is 0 Å². The van der Waals surface area contributed by atoms with E-state index in [0.717, 1.165) is 16.5 Å². The molecule has 7 N–H and O–H groups in total. The molecule has 0 radical (unpaired) electrons. The summed E-state index contributed by atoms with van der Waals surface area (Å²) in [5.74, 6) is 0. The van der Waals surface area contributed by atoms with E-state index in [0.29, 0.717) is 0 Å². The number of aromatic nitrogens is 1. The second-order valence-electron chi connectivity index (χ2n) is 4.69. The number of hydroxylamine groups is 1. The molecule has 1 aromatic heterocycles. The highest BCUT2D eigenvalue weighted by molar-refractivity contribution is 5.83. The zero-order valence-electron chi connectivity index (χ0n) is 10.6. The molecule has 0 saturated carbocycles. The molecule has 2 rings (SSSR count). The lowest BCUT2D eigenvalue weighted by Crippen LogP contribution is -2.50. The first-order chi connectivity index (χ1) is 9.54. The SMILES string of the molecule is ON[C@@H](O)[C@@H](O)[C@H](O)[C@H](O)Cc1c[nH]c2ccccc12. The van der Waals surface area contributed by atoms with Gasteiger partial charge in [-0.05, 0) is 11.6 Å². The van der Waals surface area contributed by atoms with E-state index in [2.05, 4.69) is 4.98 Å². The molecule has 0 unspecified atom stereocenters. The van der Waals surface area contributed by atoms with Crippen LogP contribution in [0.3, 0.4) is 0 Å². The Hall–Kier alpha value is -1.48. The monoisotopic (exact) mass is 282 g/mol. The second-order valence-corrected chi connectivity index (χ2v) is 4.69. The second kappa shape index (κ2) is 6.31. The molecule has 2 aromatic rings. The molecule has 20 heavy (non-hydrogen) atoms. The Morgan fingerprint density at radius 3 is 2.45 bits per heavy atom. The first-order valence-electron chi connectivity index (χ1n) is 6.21. The lowest BCUT2D eigenvalue weighted by molar-refractivity contribution is -0.141. The van der Waals surface area contributed by atoms with Crippen LogP contribution >= 0.6 is 0 Å². The van der Waals surface area contributed by atoms with Gasteiger partial charge in [0.2, 0.25) is 0 Å². The number of para-hydroxylation sites is 1. The smallest absolute Gasteiger partial charge is 0.155 e. The van der Waals surface area contributed by atoms with Crippen molar-refractivity contribution >= 4 is 10.9 Å². The van der Waals surface area contributed by atoms with E-state index in [1.54, 1.807) is 6.20 Å². The number of aliphatic hydroxyl groups excluding tert-OH is 4. The largest absolute Gasteiger partial charge is 0.390 e. The number of hydrogen-bond acceptors (Lipinski definition) is 6. The van der Waals surface area contributed by atoms with Crippen molar-refractivity contribution in [3.05, 3.63) is 36.0 Å². The van der Waals surface area contributed by atoms with E-state index in [9.17, 15) is 15.3 Å². The highest BCUT2D eigenvalue weighted by atomic mass is 16.5. The van der Waals surface area contributed by atoms with E-state index in [4.69, 9.17) is 10.3 Å². The van der Waals surface area contributed by atoms with Crippen LogP contribution in [0.25, 0.3) is 10.9 Å². The highest BCUT2D eigenvalue weighted by Crippen LogP contribution is 2.20. The van der Waals surface area contributed by atoms with Gasteiger partial charge in [-0.2, -0.15) is 5.48 Å². The molecular formula is C13H18N2O5. The maximum Gasteiger partial charge on any atom is 0.155 e. The van der Waals surface area contributed by atoms with Gasteiger partial charge in [-0.3, -0.25) is 0 Å². The van der Waals surface area contributed by atoms with Crippen molar-refractivity contribution in [3.63, 3.8) is 0 Å². The normalized spacial score (nSPS) is 17.9. The molecule has 7 heteroatoms. The number of nitrogens with one attached hydrogen (secondary N) is 2. The van der Waals surface area contributed by atoms with Gasteiger partial charge in [0.15, 0.2) is 6.23 Å². The Morgan fingerprint density at radius 1 is 1.05 bits per heavy atom. The van der Waals surface area contributed by atoms with Crippen LogP contribution in [0.5, 0.6) is 0 Å². The fourth-order valence-corrected chi connectivity index (χ4v) is 2.14. The predicted molar refractivity (Wildman–Crippen MR) is 71.0 cm³/mol. The van der Waals surface area contributed by atoms with Gasteiger partial charge in [0.25, 0.3) is 0 Å². The van der Waals surface area contributed by atoms with Gasteiger partial charge in [0, 0.05) is 23.5 Å². The molecule has 0 aliphatic rings. The molecule has 0 spiro atoms. The molecule has 0 aliphatic carbocycles. The number of aromatic amines is 1. The van der Waals surface area contributed by atoms with E-state index in [1.807, 2.05) is 24.3 Å². The minimum absolute atomic E-state index is 0.0976. The van der Waals surface area contributed by atoms with Crippen molar-refractivity contribution in [3.8, 4) is 0 Å². The molecule has 4 atom stereocenters. The molecular weight excluding hydrogens is 264 g/mol. The van der Waals surface area contributed by atoms with Crippen molar-refractivity contribution < 1.29 is 25.6 Å². The first-order valence-corrected chi connectivity index (χ1v) is 6.21. The van der Waals surface area contributed by atoms with Gasteiger partial charge in [0.05, 0.1) is 6.10 Å². The van der Waals surface area contributed by atoms with Gasteiger partial charge >= 0.3 is 0 Å². The topological polar surface area (TPSA) is 129 Å². The lowest BCUT2D eigenvalue weighted by atomic mass is 9.99. The third-order valence-electron chi connectivity index (χ3n) is 3.30. The fraction of sp³-hybridized carbons (Fsp3) is 0.385.